The minimum Gasteiger partial charge on any atom is -0.491 e. The zero-order chi connectivity index (χ0) is 15.4. The molecule has 2 fully saturated rings. The lowest BCUT2D eigenvalue weighted by molar-refractivity contribution is -0.106. The number of nitriles is 1. The molecule has 118 valence electrons. The summed E-state index contributed by atoms with van der Waals surface area (Å²) in [5.74, 6) is 0.683. The van der Waals surface area contributed by atoms with Gasteiger partial charge in [0.25, 0.3) is 0 Å². The third-order valence-electron chi connectivity index (χ3n) is 4.80. The maximum atomic E-state index is 10.2. The van der Waals surface area contributed by atoms with E-state index in [0.29, 0.717) is 17.9 Å². The highest BCUT2D eigenvalue weighted by atomic mass is 16.5. The first-order valence-electron chi connectivity index (χ1n) is 7.86. The maximum absolute atomic E-state index is 10.2. The normalized spacial score (nSPS) is 21.8. The van der Waals surface area contributed by atoms with Crippen LogP contribution in [0.5, 0.6) is 5.75 Å². The molecule has 1 aromatic carbocycles. The van der Waals surface area contributed by atoms with Gasteiger partial charge < -0.3 is 14.6 Å². The Bertz CT molecular complexity index is 532. The van der Waals surface area contributed by atoms with Crippen molar-refractivity contribution in [3.63, 3.8) is 0 Å². The molecule has 0 unspecified atom stereocenters. The van der Waals surface area contributed by atoms with Crippen molar-refractivity contribution in [2.24, 2.45) is 0 Å². The van der Waals surface area contributed by atoms with Crippen LogP contribution in [0.15, 0.2) is 24.3 Å². The van der Waals surface area contributed by atoms with Crippen LogP contribution in [-0.2, 0) is 4.74 Å². The van der Waals surface area contributed by atoms with Gasteiger partial charge in [-0.3, -0.25) is 4.90 Å². The van der Waals surface area contributed by atoms with E-state index in [1.54, 1.807) is 24.3 Å². The summed E-state index contributed by atoms with van der Waals surface area (Å²) in [6.07, 6.45) is 2.84. The van der Waals surface area contributed by atoms with Crippen molar-refractivity contribution >= 4 is 0 Å². The van der Waals surface area contributed by atoms with E-state index in [1.165, 1.54) is 6.42 Å². The molecule has 0 aromatic heterocycles. The summed E-state index contributed by atoms with van der Waals surface area (Å²) >= 11 is 0. The first kappa shape index (κ1) is 15.3. The summed E-state index contributed by atoms with van der Waals surface area (Å²) in [5, 5.41) is 19.0. The summed E-state index contributed by atoms with van der Waals surface area (Å²) in [6.45, 7) is 3.63. The summed E-state index contributed by atoms with van der Waals surface area (Å²) < 4.78 is 11.0. The van der Waals surface area contributed by atoms with E-state index in [1.807, 2.05) is 0 Å². The highest BCUT2D eigenvalue weighted by Crippen LogP contribution is 2.39. The van der Waals surface area contributed by atoms with Gasteiger partial charge in [-0.1, -0.05) is 0 Å². The van der Waals surface area contributed by atoms with Crippen molar-refractivity contribution in [2.75, 3.05) is 32.9 Å². The van der Waals surface area contributed by atoms with E-state index in [2.05, 4.69) is 11.0 Å². The molecule has 0 bridgehead atoms. The van der Waals surface area contributed by atoms with Crippen LogP contribution >= 0.6 is 0 Å². The molecule has 1 N–H and O–H groups in total. The molecular weight excluding hydrogens is 280 g/mol. The Balaban J connectivity index is 1.46. The molecule has 2 aliphatic heterocycles. The van der Waals surface area contributed by atoms with Crippen LogP contribution in [0.3, 0.4) is 0 Å². The first-order chi connectivity index (χ1) is 10.7. The average Bonchev–Trinajstić information content (AvgIpc) is 2.58. The van der Waals surface area contributed by atoms with E-state index in [4.69, 9.17) is 14.7 Å². The van der Waals surface area contributed by atoms with Crippen molar-refractivity contribution < 1.29 is 14.6 Å². The summed E-state index contributed by atoms with van der Waals surface area (Å²) in [7, 11) is 0. The van der Waals surface area contributed by atoms with Crippen LogP contribution in [0.2, 0.25) is 0 Å². The van der Waals surface area contributed by atoms with Crippen molar-refractivity contribution in [1.82, 2.24) is 4.90 Å². The quantitative estimate of drug-likeness (QED) is 0.894. The monoisotopic (exact) mass is 302 g/mol. The van der Waals surface area contributed by atoms with Gasteiger partial charge in [0.1, 0.15) is 18.5 Å². The minimum atomic E-state index is -0.504. The van der Waals surface area contributed by atoms with Gasteiger partial charge >= 0.3 is 0 Å². The number of aliphatic hydroxyl groups excluding tert-OH is 1. The van der Waals surface area contributed by atoms with Crippen molar-refractivity contribution in [3.8, 4) is 11.8 Å². The predicted molar refractivity (Wildman–Crippen MR) is 81.6 cm³/mol. The molecule has 2 aliphatic rings. The number of β-amino-alcohol motifs (C(OH)–C–C–N with tert-alkyl or cyclic N) is 1. The Morgan fingerprint density at radius 2 is 2.00 bits per heavy atom. The Morgan fingerprint density at radius 1 is 1.27 bits per heavy atom. The number of likely N-dealkylation sites (tertiary alicyclic amines) is 1. The molecule has 5 heteroatoms. The maximum Gasteiger partial charge on any atom is 0.119 e. The van der Waals surface area contributed by atoms with Gasteiger partial charge in [-0.25, -0.2) is 0 Å². The van der Waals surface area contributed by atoms with Crippen LogP contribution in [-0.4, -0.2) is 54.6 Å². The van der Waals surface area contributed by atoms with Crippen molar-refractivity contribution in [1.29, 1.82) is 5.26 Å². The number of aliphatic hydroxyl groups is 1. The molecule has 0 radical (unpaired) electrons. The zero-order valence-corrected chi connectivity index (χ0v) is 12.7. The standard InChI is InChI=1S/C17H22N2O3/c18-11-14-1-3-16(4-2-14)22-13-15(20)12-19-8-5-17(19)6-9-21-10-7-17/h1-4,15,20H,5-10,12-13H2/t15-/m0/s1. The molecule has 0 amide bonds. The number of hydrogen-bond acceptors (Lipinski definition) is 5. The second-order valence-corrected chi connectivity index (χ2v) is 6.13. The lowest BCUT2D eigenvalue weighted by atomic mass is 9.78. The topological polar surface area (TPSA) is 65.7 Å². The average molecular weight is 302 g/mol. The lowest BCUT2D eigenvalue weighted by Crippen LogP contribution is -2.63. The van der Waals surface area contributed by atoms with Crippen LogP contribution in [0.25, 0.3) is 0 Å². The summed E-state index contributed by atoms with van der Waals surface area (Å²) in [5.41, 5.74) is 0.864. The van der Waals surface area contributed by atoms with Crippen LogP contribution in [0.4, 0.5) is 0 Å². The minimum absolute atomic E-state index is 0.258. The molecule has 0 aliphatic carbocycles. The second-order valence-electron chi connectivity index (χ2n) is 6.13. The molecule has 1 spiro atoms. The van der Waals surface area contributed by atoms with Crippen molar-refractivity contribution in [3.05, 3.63) is 29.8 Å². The van der Waals surface area contributed by atoms with E-state index >= 15 is 0 Å². The molecule has 2 saturated heterocycles. The summed E-state index contributed by atoms with van der Waals surface area (Å²) in [4.78, 5) is 2.38. The van der Waals surface area contributed by atoms with E-state index in [9.17, 15) is 5.11 Å². The fourth-order valence-electron chi connectivity index (χ4n) is 3.31. The zero-order valence-electron chi connectivity index (χ0n) is 12.7. The molecule has 2 heterocycles. The molecule has 3 rings (SSSR count). The first-order valence-corrected chi connectivity index (χ1v) is 7.86. The Hall–Kier alpha value is -1.61. The molecular formula is C17H22N2O3. The van der Waals surface area contributed by atoms with Gasteiger partial charge in [0.05, 0.1) is 11.6 Å². The number of ether oxygens (including phenoxy) is 2. The van der Waals surface area contributed by atoms with Gasteiger partial charge in [-0.15, -0.1) is 0 Å². The lowest BCUT2D eigenvalue weighted by Gasteiger charge is -2.55. The van der Waals surface area contributed by atoms with Gasteiger partial charge in [0, 0.05) is 31.8 Å². The van der Waals surface area contributed by atoms with Gasteiger partial charge in [-0.2, -0.15) is 5.26 Å². The van der Waals surface area contributed by atoms with Crippen LogP contribution < -0.4 is 4.74 Å². The number of hydrogen-bond donors (Lipinski definition) is 1. The largest absolute Gasteiger partial charge is 0.491 e. The van der Waals surface area contributed by atoms with Crippen LogP contribution in [0.1, 0.15) is 24.8 Å². The Labute approximate surface area is 131 Å². The highest BCUT2D eigenvalue weighted by molar-refractivity contribution is 5.34. The fourth-order valence-corrected chi connectivity index (χ4v) is 3.31. The van der Waals surface area contributed by atoms with E-state index in [-0.39, 0.29) is 12.1 Å². The van der Waals surface area contributed by atoms with E-state index in [0.717, 1.165) is 32.6 Å². The molecule has 1 aromatic rings. The molecule has 0 saturated carbocycles. The second kappa shape index (κ2) is 6.66. The van der Waals surface area contributed by atoms with E-state index < -0.39 is 6.10 Å². The third-order valence-corrected chi connectivity index (χ3v) is 4.80. The fraction of sp³-hybridized carbons (Fsp3) is 0.588. The predicted octanol–water partition coefficient (Wildman–Crippen LogP) is 1.55. The van der Waals surface area contributed by atoms with Crippen molar-refractivity contribution in [2.45, 2.75) is 30.9 Å². The van der Waals surface area contributed by atoms with Gasteiger partial charge in [0.2, 0.25) is 0 Å². The number of rotatable bonds is 5. The molecule has 1 atom stereocenters. The highest BCUT2D eigenvalue weighted by Gasteiger charge is 2.45. The number of nitrogens with zero attached hydrogens (tertiary/aromatic N) is 2. The molecule has 5 nitrogen and oxygen atoms in total. The van der Waals surface area contributed by atoms with Gasteiger partial charge in [-0.05, 0) is 43.5 Å². The van der Waals surface area contributed by atoms with Crippen LogP contribution in [0, 0.1) is 11.3 Å². The van der Waals surface area contributed by atoms with Gasteiger partial charge in [0.15, 0.2) is 0 Å². The Kier molecular flexibility index (Phi) is 4.63. The smallest absolute Gasteiger partial charge is 0.119 e. The Morgan fingerprint density at radius 3 is 2.59 bits per heavy atom. The number of benzene rings is 1. The molecule has 22 heavy (non-hydrogen) atoms. The SMILES string of the molecule is N#Cc1ccc(OC[C@@H](O)CN2CCC23CCOCC3)cc1. The third kappa shape index (κ3) is 3.25. The summed E-state index contributed by atoms with van der Waals surface area (Å²) in [6, 6.07) is 9.02.